The summed E-state index contributed by atoms with van der Waals surface area (Å²) in [7, 11) is 0. The highest BCUT2D eigenvalue weighted by Crippen LogP contribution is 2.02. The maximum Gasteiger partial charge on any atom is 0.236 e. The fourth-order valence-electron chi connectivity index (χ4n) is 1.50. The van der Waals surface area contributed by atoms with Crippen LogP contribution in [-0.2, 0) is 11.3 Å². The number of aromatic nitrogens is 2. The van der Waals surface area contributed by atoms with Crippen LogP contribution in [0.2, 0.25) is 0 Å². The van der Waals surface area contributed by atoms with E-state index in [4.69, 9.17) is 0 Å². The molecule has 1 heterocycles. The summed E-state index contributed by atoms with van der Waals surface area (Å²) in [6.45, 7) is 2.13. The number of hydrogen-bond donors (Lipinski definition) is 1. The Morgan fingerprint density at radius 3 is 2.94 bits per heavy atom. The molecule has 2 aromatic rings. The zero-order valence-corrected chi connectivity index (χ0v) is 10.1. The highest BCUT2D eigenvalue weighted by Gasteiger charge is 1.97. The van der Waals surface area contributed by atoms with Gasteiger partial charge in [0.05, 0.1) is 19.0 Å². The van der Waals surface area contributed by atoms with Crippen molar-refractivity contribution >= 4 is 12.1 Å². The van der Waals surface area contributed by atoms with E-state index in [1.807, 2.05) is 41.2 Å². The smallest absolute Gasteiger partial charge is 0.236 e. The Hall–Kier alpha value is -2.43. The summed E-state index contributed by atoms with van der Waals surface area (Å²) >= 11 is 0. The normalized spacial score (nSPS) is 10.7. The minimum absolute atomic E-state index is 0.192. The molecule has 0 spiro atoms. The van der Waals surface area contributed by atoms with Crippen molar-refractivity contribution in [2.24, 2.45) is 5.10 Å². The maximum absolute atomic E-state index is 10.6. The molecule has 5 nitrogen and oxygen atoms in total. The van der Waals surface area contributed by atoms with Crippen LogP contribution in [0.15, 0.2) is 47.8 Å². The second kappa shape index (κ2) is 5.77. The Labute approximate surface area is 105 Å². The van der Waals surface area contributed by atoms with Gasteiger partial charge in [-0.2, -0.15) is 10.2 Å². The number of hydrogen-bond acceptors (Lipinski definition) is 3. The average molecular weight is 242 g/mol. The first kappa shape index (κ1) is 12.0. The summed E-state index contributed by atoms with van der Waals surface area (Å²) < 4.78 is 1.82. The molecule has 1 amide bonds. The van der Waals surface area contributed by atoms with Crippen LogP contribution in [0.25, 0.3) is 0 Å². The van der Waals surface area contributed by atoms with Crippen LogP contribution >= 0.6 is 0 Å². The van der Waals surface area contributed by atoms with Crippen LogP contribution in [-0.4, -0.2) is 21.9 Å². The molecule has 0 saturated carbocycles. The molecule has 1 N–H and O–H groups in total. The molecule has 1 aromatic heterocycles. The highest BCUT2D eigenvalue weighted by molar-refractivity contribution is 5.80. The predicted octanol–water partition coefficient (Wildman–Crippen LogP) is 1.40. The summed E-state index contributed by atoms with van der Waals surface area (Å²) in [5.41, 5.74) is 4.38. The Kier molecular flexibility index (Phi) is 3.86. The zero-order chi connectivity index (χ0) is 12.8. The number of benzene rings is 1. The van der Waals surface area contributed by atoms with Crippen molar-refractivity contribution in [3.63, 3.8) is 0 Å². The molecule has 5 heteroatoms. The molecule has 0 aliphatic carbocycles. The second-order valence-electron chi connectivity index (χ2n) is 3.88. The lowest BCUT2D eigenvalue weighted by atomic mass is 10.2. The Balaban J connectivity index is 1.98. The van der Waals surface area contributed by atoms with Crippen LogP contribution in [0.5, 0.6) is 0 Å². The molecule has 2 rings (SSSR count). The summed E-state index contributed by atoms with van der Waals surface area (Å²) in [6, 6.07) is 10.1. The van der Waals surface area contributed by atoms with Crippen molar-refractivity contribution in [3.8, 4) is 0 Å². The molecule has 0 fully saturated rings. The van der Waals surface area contributed by atoms with Crippen LogP contribution in [0.3, 0.4) is 0 Å². The summed E-state index contributed by atoms with van der Waals surface area (Å²) in [5.74, 6) is -0.192. The van der Waals surface area contributed by atoms with Gasteiger partial charge in [0, 0.05) is 18.7 Å². The topological polar surface area (TPSA) is 59.3 Å². The first-order valence-corrected chi connectivity index (χ1v) is 5.60. The molecule has 18 heavy (non-hydrogen) atoms. The van der Waals surface area contributed by atoms with Crippen LogP contribution in [0.1, 0.15) is 18.1 Å². The second-order valence-corrected chi connectivity index (χ2v) is 3.88. The van der Waals surface area contributed by atoms with Gasteiger partial charge in [0.1, 0.15) is 0 Å². The first-order chi connectivity index (χ1) is 8.74. The van der Waals surface area contributed by atoms with E-state index in [-0.39, 0.29) is 5.91 Å². The first-order valence-electron chi connectivity index (χ1n) is 5.60. The largest absolute Gasteiger partial charge is 0.274 e. The third kappa shape index (κ3) is 3.55. The Morgan fingerprint density at radius 2 is 2.22 bits per heavy atom. The monoisotopic (exact) mass is 242 g/mol. The molecular weight excluding hydrogens is 228 g/mol. The number of hydrazone groups is 1. The van der Waals surface area contributed by atoms with Gasteiger partial charge < -0.3 is 0 Å². The number of rotatable bonds is 4. The molecule has 0 bridgehead atoms. The third-order valence-corrected chi connectivity index (χ3v) is 2.28. The van der Waals surface area contributed by atoms with Gasteiger partial charge in [-0.1, -0.05) is 30.3 Å². The van der Waals surface area contributed by atoms with Gasteiger partial charge in [0.25, 0.3) is 0 Å². The standard InChI is InChI=1S/C13H14N4O/c1-11(18)16-14-7-13-8-15-17(10-13)9-12-5-3-2-4-6-12/h2-8,10H,9H2,1H3,(H,16,18)/b14-7-. The quantitative estimate of drug-likeness (QED) is 0.650. The van der Waals surface area contributed by atoms with Gasteiger partial charge in [0.15, 0.2) is 0 Å². The lowest BCUT2D eigenvalue weighted by Gasteiger charge is -2.00. The van der Waals surface area contributed by atoms with Crippen molar-refractivity contribution in [2.45, 2.75) is 13.5 Å². The Bertz CT molecular complexity index is 545. The van der Waals surface area contributed by atoms with Crippen molar-refractivity contribution in [2.75, 3.05) is 0 Å². The fraction of sp³-hybridized carbons (Fsp3) is 0.154. The summed E-state index contributed by atoms with van der Waals surface area (Å²) in [6.07, 6.45) is 5.14. The van der Waals surface area contributed by atoms with Gasteiger partial charge in [-0.15, -0.1) is 0 Å². The number of carbonyl (C=O) groups excluding carboxylic acids is 1. The predicted molar refractivity (Wildman–Crippen MR) is 69.2 cm³/mol. The van der Waals surface area contributed by atoms with E-state index in [0.717, 1.165) is 12.1 Å². The number of nitrogens with one attached hydrogen (secondary N) is 1. The van der Waals surface area contributed by atoms with Crippen LogP contribution in [0, 0.1) is 0 Å². The van der Waals surface area contributed by atoms with Gasteiger partial charge in [-0.3, -0.25) is 9.48 Å². The fourth-order valence-corrected chi connectivity index (χ4v) is 1.50. The molecule has 0 unspecified atom stereocenters. The summed E-state index contributed by atoms with van der Waals surface area (Å²) in [4.78, 5) is 10.6. The molecule has 0 aliphatic heterocycles. The average Bonchev–Trinajstić information content (AvgIpc) is 2.78. The third-order valence-electron chi connectivity index (χ3n) is 2.28. The number of nitrogens with zero attached hydrogens (tertiary/aromatic N) is 3. The van der Waals surface area contributed by atoms with E-state index in [0.29, 0.717) is 0 Å². The lowest BCUT2D eigenvalue weighted by Crippen LogP contribution is -2.12. The van der Waals surface area contributed by atoms with Crippen molar-refractivity contribution in [1.82, 2.24) is 15.2 Å². The minimum Gasteiger partial charge on any atom is -0.274 e. The molecule has 0 saturated heterocycles. The van der Waals surface area contributed by atoms with E-state index < -0.39 is 0 Å². The Morgan fingerprint density at radius 1 is 1.44 bits per heavy atom. The van der Waals surface area contributed by atoms with E-state index >= 15 is 0 Å². The van der Waals surface area contributed by atoms with Crippen molar-refractivity contribution < 1.29 is 4.79 Å². The number of carbonyl (C=O) groups is 1. The van der Waals surface area contributed by atoms with Gasteiger partial charge in [-0.25, -0.2) is 5.43 Å². The molecule has 92 valence electrons. The van der Waals surface area contributed by atoms with E-state index in [1.54, 1.807) is 12.4 Å². The van der Waals surface area contributed by atoms with E-state index in [1.165, 1.54) is 12.5 Å². The lowest BCUT2D eigenvalue weighted by molar-refractivity contribution is -0.118. The molecule has 0 radical (unpaired) electrons. The van der Waals surface area contributed by atoms with Crippen molar-refractivity contribution in [1.29, 1.82) is 0 Å². The van der Waals surface area contributed by atoms with E-state index in [9.17, 15) is 4.79 Å². The van der Waals surface area contributed by atoms with Gasteiger partial charge in [0.2, 0.25) is 5.91 Å². The molecule has 0 aliphatic rings. The van der Waals surface area contributed by atoms with Crippen LogP contribution in [0.4, 0.5) is 0 Å². The zero-order valence-electron chi connectivity index (χ0n) is 10.1. The number of amides is 1. The van der Waals surface area contributed by atoms with Crippen molar-refractivity contribution in [3.05, 3.63) is 53.9 Å². The van der Waals surface area contributed by atoms with E-state index in [2.05, 4.69) is 15.6 Å². The van der Waals surface area contributed by atoms with Gasteiger partial charge in [-0.05, 0) is 5.56 Å². The van der Waals surface area contributed by atoms with Crippen LogP contribution < -0.4 is 5.43 Å². The highest BCUT2D eigenvalue weighted by atomic mass is 16.2. The minimum atomic E-state index is -0.192. The maximum atomic E-state index is 10.6. The molecule has 0 atom stereocenters. The summed E-state index contributed by atoms with van der Waals surface area (Å²) in [5, 5.41) is 8.01. The van der Waals surface area contributed by atoms with Gasteiger partial charge >= 0.3 is 0 Å². The molecular formula is C13H14N4O. The SMILES string of the molecule is CC(=O)N/N=C\c1cnn(Cc2ccccc2)c1. The molecule has 1 aromatic carbocycles.